The van der Waals surface area contributed by atoms with E-state index < -0.39 is 0 Å². The Morgan fingerprint density at radius 2 is 1.79 bits per heavy atom. The predicted octanol–water partition coefficient (Wildman–Crippen LogP) is 3.92. The number of anilines is 2. The van der Waals surface area contributed by atoms with Gasteiger partial charge in [-0.2, -0.15) is 0 Å². The molecule has 0 fully saturated rings. The SMILES string of the molecule is Cc1cc(N(C)c2ccccc2)c([C@@H](C)N)cc1F. The molecule has 0 saturated heterocycles. The van der Waals surface area contributed by atoms with Crippen LogP contribution in [-0.4, -0.2) is 7.05 Å². The number of nitrogens with zero attached hydrogens (tertiary/aromatic N) is 1. The van der Waals surface area contributed by atoms with Gasteiger partial charge in [0.15, 0.2) is 0 Å². The first kappa shape index (κ1) is 13.6. The van der Waals surface area contributed by atoms with Gasteiger partial charge in [0.25, 0.3) is 0 Å². The van der Waals surface area contributed by atoms with Crippen molar-refractivity contribution in [3.63, 3.8) is 0 Å². The summed E-state index contributed by atoms with van der Waals surface area (Å²) in [6, 6.07) is 13.1. The van der Waals surface area contributed by atoms with Gasteiger partial charge in [0.05, 0.1) is 0 Å². The van der Waals surface area contributed by atoms with Crippen LogP contribution in [0.25, 0.3) is 0 Å². The van der Waals surface area contributed by atoms with E-state index in [1.54, 1.807) is 6.92 Å². The van der Waals surface area contributed by atoms with Crippen molar-refractivity contribution in [3.8, 4) is 0 Å². The Bertz CT molecular complexity index is 564. The Balaban J connectivity index is 2.52. The lowest BCUT2D eigenvalue weighted by Crippen LogP contribution is -2.16. The van der Waals surface area contributed by atoms with Crippen molar-refractivity contribution in [2.45, 2.75) is 19.9 Å². The van der Waals surface area contributed by atoms with Crippen LogP contribution < -0.4 is 10.6 Å². The van der Waals surface area contributed by atoms with Gasteiger partial charge in [0, 0.05) is 24.5 Å². The summed E-state index contributed by atoms with van der Waals surface area (Å²) in [5.74, 6) is -0.211. The quantitative estimate of drug-likeness (QED) is 0.904. The van der Waals surface area contributed by atoms with Crippen molar-refractivity contribution >= 4 is 11.4 Å². The van der Waals surface area contributed by atoms with Crippen molar-refractivity contribution in [1.82, 2.24) is 0 Å². The van der Waals surface area contributed by atoms with Gasteiger partial charge in [-0.15, -0.1) is 0 Å². The van der Waals surface area contributed by atoms with Crippen LogP contribution in [0.3, 0.4) is 0 Å². The highest BCUT2D eigenvalue weighted by molar-refractivity contribution is 5.67. The van der Waals surface area contributed by atoms with E-state index in [-0.39, 0.29) is 11.9 Å². The van der Waals surface area contributed by atoms with Crippen molar-refractivity contribution in [2.24, 2.45) is 5.73 Å². The second kappa shape index (κ2) is 5.41. The van der Waals surface area contributed by atoms with Gasteiger partial charge in [-0.3, -0.25) is 0 Å². The van der Waals surface area contributed by atoms with Gasteiger partial charge < -0.3 is 10.6 Å². The van der Waals surface area contributed by atoms with Crippen LogP contribution in [0.4, 0.5) is 15.8 Å². The number of para-hydroxylation sites is 1. The van der Waals surface area contributed by atoms with Crippen LogP contribution >= 0.6 is 0 Å². The zero-order chi connectivity index (χ0) is 14.0. The van der Waals surface area contributed by atoms with Crippen LogP contribution in [0, 0.1) is 12.7 Å². The van der Waals surface area contributed by atoms with Gasteiger partial charge in [0.1, 0.15) is 5.82 Å². The first-order valence-corrected chi connectivity index (χ1v) is 6.35. The van der Waals surface area contributed by atoms with E-state index in [9.17, 15) is 4.39 Å². The molecule has 0 unspecified atom stereocenters. The first-order chi connectivity index (χ1) is 9.00. The molecule has 0 amide bonds. The molecule has 2 nitrogen and oxygen atoms in total. The molecule has 2 aromatic carbocycles. The number of aryl methyl sites for hydroxylation is 1. The highest BCUT2D eigenvalue weighted by Gasteiger charge is 2.15. The molecule has 0 aliphatic carbocycles. The maximum Gasteiger partial charge on any atom is 0.126 e. The number of hydrogen-bond donors (Lipinski definition) is 1. The largest absolute Gasteiger partial charge is 0.344 e. The van der Waals surface area contributed by atoms with E-state index in [4.69, 9.17) is 5.73 Å². The normalized spacial score (nSPS) is 12.3. The fraction of sp³-hybridized carbons (Fsp3) is 0.250. The van der Waals surface area contributed by atoms with E-state index in [1.807, 2.05) is 55.3 Å². The summed E-state index contributed by atoms with van der Waals surface area (Å²) in [5.41, 5.74) is 9.39. The molecule has 0 spiro atoms. The van der Waals surface area contributed by atoms with Gasteiger partial charge in [-0.05, 0) is 49.2 Å². The number of rotatable bonds is 3. The maximum atomic E-state index is 13.7. The van der Waals surface area contributed by atoms with Crippen molar-refractivity contribution in [1.29, 1.82) is 0 Å². The molecular formula is C16H19FN2. The summed E-state index contributed by atoms with van der Waals surface area (Å²) >= 11 is 0. The molecule has 0 radical (unpaired) electrons. The van der Waals surface area contributed by atoms with Gasteiger partial charge in [0.2, 0.25) is 0 Å². The average molecular weight is 258 g/mol. The molecule has 0 saturated carbocycles. The van der Waals surface area contributed by atoms with Gasteiger partial charge in [-0.1, -0.05) is 18.2 Å². The highest BCUT2D eigenvalue weighted by atomic mass is 19.1. The third-order valence-electron chi connectivity index (χ3n) is 3.30. The summed E-state index contributed by atoms with van der Waals surface area (Å²) in [6.45, 7) is 3.63. The Kier molecular flexibility index (Phi) is 3.86. The maximum absolute atomic E-state index is 13.7. The molecule has 2 rings (SSSR count). The summed E-state index contributed by atoms with van der Waals surface area (Å²) in [7, 11) is 1.97. The minimum absolute atomic E-state index is 0.211. The zero-order valence-electron chi connectivity index (χ0n) is 11.5. The van der Waals surface area contributed by atoms with E-state index in [2.05, 4.69) is 0 Å². The Labute approximate surface area is 113 Å². The molecule has 0 aromatic heterocycles. The van der Waals surface area contributed by atoms with Gasteiger partial charge in [-0.25, -0.2) is 4.39 Å². The van der Waals surface area contributed by atoms with E-state index in [1.165, 1.54) is 6.07 Å². The van der Waals surface area contributed by atoms with Crippen LogP contribution in [0.15, 0.2) is 42.5 Å². The van der Waals surface area contributed by atoms with E-state index >= 15 is 0 Å². The van der Waals surface area contributed by atoms with Crippen molar-refractivity contribution < 1.29 is 4.39 Å². The van der Waals surface area contributed by atoms with Crippen LogP contribution in [0.1, 0.15) is 24.1 Å². The minimum atomic E-state index is -0.212. The Morgan fingerprint density at radius 3 is 2.37 bits per heavy atom. The summed E-state index contributed by atoms with van der Waals surface area (Å²) in [6.07, 6.45) is 0. The molecule has 0 aliphatic rings. The molecule has 100 valence electrons. The topological polar surface area (TPSA) is 29.3 Å². The predicted molar refractivity (Wildman–Crippen MR) is 78.2 cm³/mol. The number of benzene rings is 2. The summed E-state index contributed by atoms with van der Waals surface area (Å²) < 4.78 is 13.7. The number of nitrogens with two attached hydrogens (primary N) is 1. The molecule has 2 aromatic rings. The lowest BCUT2D eigenvalue weighted by molar-refractivity contribution is 0.613. The van der Waals surface area contributed by atoms with E-state index in [0.29, 0.717) is 5.56 Å². The van der Waals surface area contributed by atoms with Crippen LogP contribution in [0.2, 0.25) is 0 Å². The Morgan fingerprint density at radius 1 is 1.16 bits per heavy atom. The standard InChI is InChI=1S/C16H19FN2/c1-11-9-16(14(12(2)18)10-15(11)17)19(3)13-7-5-4-6-8-13/h4-10,12H,18H2,1-3H3/t12-/m1/s1. The monoisotopic (exact) mass is 258 g/mol. The molecule has 0 aliphatic heterocycles. The lowest BCUT2D eigenvalue weighted by Gasteiger charge is -2.25. The van der Waals surface area contributed by atoms with E-state index in [0.717, 1.165) is 16.9 Å². The van der Waals surface area contributed by atoms with Crippen molar-refractivity contribution in [2.75, 3.05) is 11.9 Å². The number of halogens is 1. The smallest absolute Gasteiger partial charge is 0.126 e. The second-order valence-corrected chi connectivity index (χ2v) is 4.84. The van der Waals surface area contributed by atoms with Gasteiger partial charge >= 0.3 is 0 Å². The first-order valence-electron chi connectivity index (χ1n) is 6.35. The zero-order valence-corrected chi connectivity index (χ0v) is 11.5. The molecule has 19 heavy (non-hydrogen) atoms. The molecular weight excluding hydrogens is 239 g/mol. The molecule has 0 bridgehead atoms. The summed E-state index contributed by atoms with van der Waals surface area (Å²) in [4.78, 5) is 2.03. The minimum Gasteiger partial charge on any atom is -0.344 e. The van der Waals surface area contributed by atoms with Crippen LogP contribution in [-0.2, 0) is 0 Å². The third kappa shape index (κ3) is 2.76. The lowest BCUT2D eigenvalue weighted by atomic mass is 10.0. The summed E-state index contributed by atoms with van der Waals surface area (Å²) in [5, 5.41) is 0. The molecule has 2 N–H and O–H groups in total. The Hall–Kier alpha value is -1.87. The molecule has 1 atom stereocenters. The average Bonchev–Trinajstić information content (AvgIpc) is 2.41. The second-order valence-electron chi connectivity index (χ2n) is 4.84. The number of hydrogen-bond acceptors (Lipinski definition) is 2. The van der Waals surface area contributed by atoms with Crippen molar-refractivity contribution in [3.05, 3.63) is 59.4 Å². The van der Waals surface area contributed by atoms with Crippen LogP contribution in [0.5, 0.6) is 0 Å². The fourth-order valence-electron chi connectivity index (χ4n) is 2.13. The molecule has 3 heteroatoms. The fourth-order valence-corrected chi connectivity index (χ4v) is 2.13. The molecule has 0 heterocycles. The third-order valence-corrected chi connectivity index (χ3v) is 3.30. The highest BCUT2D eigenvalue weighted by Crippen LogP contribution is 2.32.